The first-order valence-electron chi connectivity index (χ1n) is 5.66. The van der Waals surface area contributed by atoms with Gasteiger partial charge < -0.3 is 15.0 Å². The average Bonchev–Trinajstić information content (AvgIpc) is 2.73. The maximum atomic E-state index is 6.12. The molecule has 0 aliphatic heterocycles. The lowest BCUT2D eigenvalue weighted by Crippen LogP contribution is -2.05. The molecule has 0 aliphatic carbocycles. The lowest BCUT2D eigenvalue weighted by atomic mass is 10.1. The Bertz CT molecular complexity index is 538. The van der Waals surface area contributed by atoms with Crippen LogP contribution in [0.4, 0.5) is 0 Å². The van der Waals surface area contributed by atoms with Gasteiger partial charge in [-0.1, -0.05) is 22.8 Å². The van der Waals surface area contributed by atoms with Crippen molar-refractivity contribution in [3.8, 4) is 5.75 Å². The molecule has 2 aromatic rings. The number of benzene rings is 1. The Hall–Kier alpha value is -1.52. The molecule has 96 valence electrons. The highest BCUT2D eigenvalue weighted by atomic mass is 35.5. The normalized spacial score (nSPS) is 12.4. The molecule has 1 heterocycles. The fourth-order valence-corrected chi connectivity index (χ4v) is 1.79. The molecule has 18 heavy (non-hydrogen) atoms. The van der Waals surface area contributed by atoms with E-state index in [1.54, 1.807) is 0 Å². The molecule has 0 unspecified atom stereocenters. The van der Waals surface area contributed by atoms with Crippen LogP contribution in [0.25, 0.3) is 0 Å². The summed E-state index contributed by atoms with van der Waals surface area (Å²) < 4.78 is 10.6. The van der Waals surface area contributed by atoms with Gasteiger partial charge in [0.2, 0.25) is 0 Å². The summed E-state index contributed by atoms with van der Waals surface area (Å²) in [7, 11) is 0. The molecule has 4 nitrogen and oxygen atoms in total. The van der Waals surface area contributed by atoms with Gasteiger partial charge in [0, 0.05) is 12.1 Å². The van der Waals surface area contributed by atoms with Crippen molar-refractivity contribution in [1.82, 2.24) is 5.16 Å². The molecular weight excluding hydrogens is 252 g/mol. The van der Waals surface area contributed by atoms with Crippen LogP contribution in [0.15, 0.2) is 28.8 Å². The maximum absolute atomic E-state index is 6.12. The van der Waals surface area contributed by atoms with E-state index >= 15 is 0 Å². The van der Waals surface area contributed by atoms with E-state index in [2.05, 4.69) is 5.16 Å². The van der Waals surface area contributed by atoms with Crippen LogP contribution in [0.3, 0.4) is 0 Å². The smallest absolute Gasteiger partial charge is 0.174 e. The summed E-state index contributed by atoms with van der Waals surface area (Å²) in [5, 5.41) is 4.33. The first-order valence-corrected chi connectivity index (χ1v) is 6.04. The molecule has 2 rings (SSSR count). The van der Waals surface area contributed by atoms with E-state index in [4.69, 9.17) is 26.6 Å². The molecule has 0 fully saturated rings. The number of ether oxygens (including phenoxy) is 1. The van der Waals surface area contributed by atoms with Gasteiger partial charge in [0.05, 0.1) is 10.7 Å². The van der Waals surface area contributed by atoms with Gasteiger partial charge >= 0.3 is 0 Å². The summed E-state index contributed by atoms with van der Waals surface area (Å²) in [6, 6.07) is 7.30. The Morgan fingerprint density at radius 3 is 2.78 bits per heavy atom. The fraction of sp³-hybridized carbons (Fsp3) is 0.308. The van der Waals surface area contributed by atoms with Gasteiger partial charge in [0.25, 0.3) is 0 Å². The third-order valence-corrected chi connectivity index (χ3v) is 2.82. The van der Waals surface area contributed by atoms with Crippen LogP contribution in [-0.4, -0.2) is 5.16 Å². The Labute approximate surface area is 111 Å². The number of aromatic nitrogens is 1. The second kappa shape index (κ2) is 5.42. The molecule has 2 N–H and O–H groups in total. The van der Waals surface area contributed by atoms with Crippen LogP contribution in [-0.2, 0) is 6.61 Å². The van der Waals surface area contributed by atoms with E-state index < -0.39 is 0 Å². The van der Waals surface area contributed by atoms with Crippen LogP contribution >= 0.6 is 11.6 Å². The van der Waals surface area contributed by atoms with Gasteiger partial charge in [-0.05, 0) is 31.5 Å². The van der Waals surface area contributed by atoms with Crippen molar-refractivity contribution in [2.45, 2.75) is 26.5 Å². The molecule has 0 spiro atoms. The number of nitrogens with zero attached hydrogens (tertiary/aromatic N) is 1. The van der Waals surface area contributed by atoms with Crippen molar-refractivity contribution in [3.05, 3.63) is 46.3 Å². The van der Waals surface area contributed by atoms with E-state index in [0.717, 1.165) is 11.3 Å². The second-order valence-electron chi connectivity index (χ2n) is 4.20. The first kappa shape index (κ1) is 12.9. The van der Waals surface area contributed by atoms with Gasteiger partial charge in [0.15, 0.2) is 5.76 Å². The SMILES string of the molecule is Cc1cc(COc2ccc([C@H](C)N)cc2Cl)on1. The van der Waals surface area contributed by atoms with Crippen molar-refractivity contribution >= 4 is 11.6 Å². The number of hydrogen-bond donors (Lipinski definition) is 1. The Morgan fingerprint density at radius 2 is 2.22 bits per heavy atom. The molecule has 1 aromatic heterocycles. The number of rotatable bonds is 4. The van der Waals surface area contributed by atoms with Crippen molar-refractivity contribution in [3.63, 3.8) is 0 Å². The zero-order valence-corrected chi connectivity index (χ0v) is 11.1. The zero-order valence-electron chi connectivity index (χ0n) is 10.3. The lowest BCUT2D eigenvalue weighted by Gasteiger charge is -2.10. The number of nitrogens with two attached hydrogens (primary N) is 1. The van der Waals surface area contributed by atoms with Crippen LogP contribution < -0.4 is 10.5 Å². The predicted molar refractivity (Wildman–Crippen MR) is 69.6 cm³/mol. The van der Waals surface area contributed by atoms with E-state index in [1.165, 1.54) is 0 Å². The summed E-state index contributed by atoms with van der Waals surface area (Å²) in [6.07, 6.45) is 0. The Balaban J connectivity index is 2.05. The number of aryl methyl sites for hydroxylation is 1. The minimum Gasteiger partial charge on any atom is -0.484 e. The quantitative estimate of drug-likeness (QED) is 0.923. The lowest BCUT2D eigenvalue weighted by molar-refractivity contribution is 0.249. The van der Waals surface area contributed by atoms with Gasteiger partial charge in [-0.15, -0.1) is 0 Å². The van der Waals surface area contributed by atoms with Crippen LogP contribution in [0.1, 0.15) is 30.0 Å². The zero-order chi connectivity index (χ0) is 13.1. The second-order valence-corrected chi connectivity index (χ2v) is 4.61. The van der Waals surface area contributed by atoms with E-state index in [0.29, 0.717) is 23.1 Å². The van der Waals surface area contributed by atoms with Crippen LogP contribution in [0.5, 0.6) is 5.75 Å². The highest BCUT2D eigenvalue weighted by Gasteiger charge is 2.07. The maximum Gasteiger partial charge on any atom is 0.174 e. The van der Waals surface area contributed by atoms with E-state index in [1.807, 2.05) is 38.1 Å². The van der Waals surface area contributed by atoms with E-state index in [-0.39, 0.29) is 6.04 Å². The average molecular weight is 267 g/mol. The summed E-state index contributed by atoms with van der Waals surface area (Å²) in [5.41, 5.74) is 7.58. The highest BCUT2D eigenvalue weighted by molar-refractivity contribution is 6.32. The van der Waals surface area contributed by atoms with E-state index in [9.17, 15) is 0 Å². The minimum atomic E-state index is -0.0477. The monoisotopic (exact) mass is 266 g/mol. The number of hydrogen-bond acceptors (Lipinski definition) is 4. The molecule has 0 amide bonds. The molecule has 0 bridgehead atoms. The largest absolute Gasteiger partial charge is 0.484 e. The molecule has 0 radical (unpaired) electrons. The van der Waals surface area contributed by atoms with Crippen LogP contribution in [0.2, 0.25) is 5.02 Å². The number of halogens is 1. The topological polar surface area (TPSA) is 61.3 Å². The third kappa shape index (κ3) is 3.03. The van der Waals surface area contributed by atoms with Crippen molar-refractivity contribution in [2.75, 3.05) is 0 Å². The Morgan fingerprint density at radius 1 is 1.44 bits per heavy atom. The highest BCUT2D eigenvalue weighted by Crippen LogP contribution is 2.28. The van der Waals surface area contributed by atoms with Crippen molar-refractivity contribution < 1.29 is 9.26 Å². The fourth-order valence-electron chi connectivity index (χ4n) is 1.55. The molecule has 1 aromatic carbocycles. The molecule has 1 atom stereocenters. The van der Waals surface area contributed by atoms with Gasteiger partial charge in [-0.25, -0.2) is 0 Å². The Kier molecular flexibility index (Phi) is 3.89. The molecule has 0 saturated heterocycles. The molecular formula is C13H15ClN2O2. The molecule has 0 aliphatic rings. The molecule has 5 heteroatoms. The third-order valence-electron chi connectivity index (χ3n) is 2.53. The van der Waals surface area contributed by atoms with Crippen LogP contribution in [0, 0.1) is 6.92 Å². The van der Waals surface area contributed by atoms with Gasteiger partial charge in [-0.2, -0.15) is 0 Å². The first-order chi connectivity index (χ1) is 8.56. The van der Waals surface area contributed by atoms with Crippen molar-refractivity contribution in [1.29, 1.82) is 0 Å². The van der Waals surface area contributed by atoms with Gasteiger partial charge in [0.1, 0.15) is 12.4 Å². The summed E-state index contributed by atoms with van der Waals surface area (Å²) in [5.74, 6) is 1.27. The molecule has 0 saturated carbocycles. The van der Waals surface area contributed by atoms with Gasteiger partial charge in [-0.3, -0.25) is 0 Å². The predicted octanol–water partition coefficient (Wildman–Crippen LogP) is 3.24. The summed E-state index contributed by atoms with van der Waals surface area (Å²) >= 11 is 6.12. The summed E-state index contributed by atoms with van der Waals surface area (Å²) in [4.78, 5) is 0. The van der Waals surface area contributed by atoms with Crippen molar-refractivity contribution in [2.24, 2.45) is 5.73 Å². The standard InChI is InChI=1S/C13H15ClN2O2/c1-8-5-11(18-16-8)7-17-13-4-3-10(9(2)15)6-12(13)14/h3-6,9H,7,15H2,1-2H3/t9-/m0/s1. The summed E-state index contributed by atoms with van der Waals surface area (Å²) in [6.45, 7) is 4.07. The minimum absolute atomic E-state index is 0.0477.